The Kier molecular flexibility index (Phi) is 3.26. The second-order valence-corrected chi connectivity index (χ2v) is 4.73. The molecule has 2 rings (SSSR count). The molecule has 4 heteroatoms. The van der Waals surface area contributed by atoms with Gasteiger partial charge in [-0.15, -0.1) is 0 Å². The first kappa shape index (κ1) is 10.9. The fourth-order valence-electron chi connectivity index (χ4n) is 2.32. The zero-order chi connectivity index (χ0) is 10.7. The maximum absolute atomic E-state index is 11.7. The predicted octanol–water partition coefficient (Wildman–Crippen LogP) is 0.444. The summed E-state index contributed by atoms with van der Waals surface area (Å²) in [4.78, 5) is 11.7. The topological polar surface area (TPSA) is 58.6 Å². The highest BCUT2D eigenvalue weighted by atomic mass is 16.5. The lowest BCUT2D eigenvalue weighted by Crippen LogP contribution is -2.44. The number of aliphatic hydroxyl groups is 1. The lowest BCUT2D eigenvalue weighted by Gasteiger charge is -2.21. The molecule has 0 aromatic rings. The van der Waals surface area contributed by atoms with Crippen molar-refractivity contribution < 1.29 is 14.6 Å². The van der Waals surface area contributed by atoms with Crippen molar-refractivity contribution in [2.24, 2.45) is 5.92 Å². The van der Waals surface area contributed by atoms with E-state index < -0.39 is 5.60 Å². The van der Waals surface area contributed by atoms with Crippen LogP contribution < -0.4 is 5.32 Å². The van der Waals surface area contributed by atoms with E-state index in [0.29, 0.717) is 26.2 Å². The van der Waals surface area contributed by atoms with Crippen molar-refractivity contribution in [1.82, 2.24) is 5.32 Å². The molecule has 0 bridgehead atoms. The Bertz CT molecular complexity index is 230. The Morgan fingerprint density at radius 3 is 2.80 bits per heavy atom. The van der Waals surface area contributed by atoms with Gasteiger partial charge in [-0.3, -0.25) is 4.79 Å². The van der Waals surface area contributed by atoms with Crippen LogP contribution in [0.3, 0.4) is 0 Å². The number of carbonyl (C=O) groups is 1. The Labute approximate surface area is 90.0 Å². The maximum Gasteiger partial charge on any atom is 0.223 e. The highest BCUT2D eigenvalue weighted by molar-refractivity contribution is 5.78. The van der Waals surface area contributed by atoms with Crippen molar-refractivity contribution in [2.75, 3.05) is 19.8 Å². The average Bonchev–Trinajstić information content (AvgIpc) is 2.85. The highest BCUT2D eigenvalue weighted by Crippen LogP contribution is 2.25. The smallest absolute Gasteiger partial charge is 0.223 e. The standard InChI is InChI=1S/C11H19NO3/c13-10(9-3-1-2-4-9)12-7-11(14)5-6-15-8-11/h9,14H,1-8H2,(H,12,13). The predicted molar refractivity (Wildman–Crippen MR) is 55.4 cm³/mol. The Morgan fingerprint density at radius 2 is 2.20 bits per heavy atom. The molecule has 0 radical (unpaired) electrons. The minimum Gasteiger partial charge on any atom is -0.386 e. The summed E-state index contributed by atoms with van der Waals surface area (Å²) in [7, 11) is 0. The van der Waals surface area contributed by atoms with Gasteiger partial charge in [-0.1, -0.05) is 12.8 Å². The zero-order valence-corrected chi connectivity index (χ0v) is 9.00. The van der Waals surface area contributed by atoms with Gasteiger partial charge in [-0.05, 0) is 12.8 Å². The maximum atomic E-state index is 11.7. The van der Waals surface area contributed by atoms with Gasteiger partial charge in [0.1, 0.15) is 5.60 Å². The molecule has 1 heterocycles. The van der Waals surface area contributed by atoms with Gasteiger partial charge in [0.05, 0.1) is 6.61 Å². The molecule has 15 heavy (non-hydrogen) atoms. The molecule has 1 atom stereocenters. The third-order valence-electron chi connectivity index (χ3n) is 3.40. The van der Waals surface area contributed by atoms with Gasteiger partial charge in [-0.25, -0.2) is 0 Å². The summed E-state index contributed by atoms with van der Waals surface area (Å²) in [5, 5.41) is 12.8. The largest absolute Gasteiger partial charge is 0.386 e. The molecule has 2 fully saturated rings. The van der Waals surface area contributed by atoms with Crippen LogP contribution in [0.4, 0.5) is 0 Å². The molecule has 4 nitrogen and oxygen atoms in total. The first-order valence-electron chi connectivity index (χ1n) is 5.77. The van der Waals surface area contributed by atoms with E-state index in [1.165, 1.54) is 0 Å². The first-order chi connectivity index (χ1) is 7.20. The van der Waals surface area contributed by atoms with E-state index in [1.54, 1.807) is 0 Å². The van der Waals surface area contributed by atoms with Crippen molar-refractivity contribution in [3.05, 3.63) is 0 Å². The average molecular weight is 213 g/mol. The summed E-state index contributed by atoms with van der Waals surface area (Å²) in [5.74, 6) is 0.281. The van der Waals surface area contributed by atoms with Crippen molar-refractivity contribution in [1.29, 1.82) is 0 Å². The molecule has 1 amide bonds. The Balaban J connectivity index is 1.74. The fraction of sp³-hybridized carbons (Fsp3) is 0.909. The van der Waals surface area contributed by atoms with Crippen molar-refractivity contribution in [3.8, 4) is 0 Å². The van der Waals surface area contributed by atoms with Gasteiger partial charge in [-0.2, -0.15) is 0 Å². The first-order valence-corrected chi connectivity index (χ1v) is 5.77. The normalized spacial score (nSPS) is 32.1. The summed E-state index contributed by atoms with van der Waals surface area (Å²) < 4.78 is 5.12. The minimum absolute atomic E-state index is 0.104. The third kappa shape index (κ3) is 2.69. The minimum atomic E-state index is -0.825. The van der Waals surface area contributed by atoms with Gasteiger partial charge >= 0.3 is 0 Å². The quantitative estimate of drug-likeness (QED) is 0.715. The number of carbonyl (C=O) groups excluding carboxylic acids is 1. The van der Waals surface area contributed by atoms with E-state index in [9.17, 15) is 9.90 Å². The van der Waals surface area contributed by atoms with Crippen LogP contribution in [0.1, 0.15) is 32.1 Å². The van der Waals surface area contributed by atoms with Crippen LogP contribution in [-0.4, -0.2) is 36.4 Å². The fourth-order valence-corrected chi connectivity index (χ4v) is 2.32. The summed E-state index contributed by atoms with van der Waals surface area (Å²) >= 11 is 0. The van der Waals surface area contributed by atoms with Crippen LogP contribution in [0.25, 0.3) is 0 Å². The molecule has 2 N–H and O–H groups in total. The van der Waals surface area contributed by atoms with Crippen molar-refractivity contribution in [2.45, 2.75) is 37.7 Å². The molecule has 0 aromatic carbocycles. The van der Waals surface area contributed by atoms with Gasteiger partial charge in [0, 0.05) is 25.5 Å². The number of ether oxygens (including phenoxy) is 1. The molecule has 0 aromatic heterocycles. The van der Waals surface area contributed by atoms with Gasteiger partial charge in [0.2, 0.25) is 5.91 Å². The molecule has 1 aliphatic carbocycles. The summed E-state index contributed by atoms with van der Waals surface area (Å²) in [6, 6.07) is 0. The van der Waals surface area contributed by atoms with Crippen LogP contribution in [0.5, 0.6) is 0 Å². The molecule has 86 valence electrons. The summed E-state index contributed by atoms with van der Waals surface area (Å²) in [6.07, 6.45) is 4.94. The number of hydrogen-bond acceptors (Lipinski definition) is 3. The SMILES string of the molecule is O=C(NCC1(O)CCOC1)C1CCCC1. The highest BCUT2D eigenvalue weighted by Gasteiger charge is 2.33. The molecule has 1 aliphatic heterocycles. The van der Waals surface area contributed by atoms with E-state index in [4.69, 9.17) is 4.74 Å². The van der Waals surface area contributed by atoms with Gasteiger partial charge < -0.3 is 15.2 Å². The van der Waals surface area contributed by atoms with E-state index in [0.717, 1.165) is 25.7 Å². The summed E-state index contributed by atoms with van der Waals surface area (Å²) in [6.45, 7) is 1.27. The Morgan fingerprint density at radius 1 is 1.47 bits per heavy atom. The molecule has 1 saturated carbocycles. The monoisotopic (exact) mass is 213 g/mol. The number of amides is 1. The third-order valence-corrected chi connectivity index (χ3v) is 3.40. The van der Waals surface area contributed by atoms with E-state index in [2.05, 4.69) is 5.32 Å². The molecule has 0 spiro atoms. The van der Waals surface area contributed by atoms with E-state index in [1.807, 2.05) is 0 Å². The zero-order valence-electron chi connectivity index (χ0n) is 9.00. The lowest BCUT2D eigenvalue weighted by molar-refractivity contribution is -0.126. The van der Waals surface area contributed by atoms with Crippen molar-refractivity contribution in [3.63, 3.8) is 0 Å². The number of rotatable bonds is 3. The lowest BCUT2D eigenvalue weighted by atomic mass is 10.0. The van der Waals surface area contributed by atoms with Crippen LogP contribution >= 0.6 is 0 Å². The van der Waals surface area contributed by atoms with Crippen LogP contribution in [-0.2, 0) is 9.53 Å². The molecule has 2 aliphatic rings. The second-order valence-electron chi connectivity index (χ2n) is 4.73. The Hall–Kier alpha value is -0.610. The molecule has 1 unspecified atom stereocenters. The van der Waals surface area contributed by atoms with Crippen LogP contribution in [0, 0.1) is 5.92 Å². The summed E-state index contributed by atoms with van der Waals surface area (Å²) in [5.41, 5.74) is -0.825. The molecule has 1 saturated heterocycles. The number of hydrogen-bond donors (Lipinski definition) is 2. The number of nitrogens with one attached hydrogen (secondary N) is 1. The molecular weight excluding hydrogens is 194 g/mol. The second kappa shape index (κ2) is 4.49. The van der Waals surface area contributed by atoms with E-state index >= 15 is 0 Å². The van der Waals surface area contributed by atoms with E-state index in [-0.39, 0.29) is 11.8 Å². The van der Waals surface area contributed by atoms with Crippen LogP contribution in [0.2, 0.25) is 0 Å². The van der Waals surface area contributed by atoms with Gasteiger partial charge in [0.15, 0.2) is 0 Å². The van der Waals surface area contributed by atoms with Gasteiger partial charge in [0.25, 0.3) is 0 Å². The van der Waals surface area contributed by atoms with Crippen molar-refractivity contribution >= 4 is 5.91 Å². The molecular formula is C11H19NO3. The van der Waals surface area contributed by atoms with Crippen LogP contribution in [0.15, 0.2) is 0 Å².